The number of H-pyrrole nitrogens is 1. The molecule has 3 heterocycles. The molecular weight excluding hydrogens is 272 g/mol. The first-order valence-corrected chi connectivity index (χ1v) is 7.30. The Balaban J connectivity index is 1.67. The molecule has 0 spiro atoms. The van der Waals surface area contributed by atoms with E-state index in [9.17, 15) is 0 Å². The van der Waals surface area contributed by atoms with E-state index in [0.717, 1.165) is 41.6 Å². The van der Waals surface area contributed by atoms with E-state index >= 15 is 0 Å². The Bertz CT molecular complexity index is 697. The van der Waals surface area contributed by atoms with Gasteiger partial charge in [-0.3, -0.25) is 5.10 Å². The lowest BCUT2D eigenvalue weighted by Gasteiger charge is -2.03. The van der Waals surface area contributed by atoms with Gasteiger partial charge in [0.25, 0.3) is 0 Å². The predicted molar refractivity (Wildman–Crippen MR) is 78.4 cm³/mol. The van der Waals surface area contributed by atoms with Crippen LogP contribution in [-0.2, 0) is 13.1 Å². The van der Waals surface area contributed by atoms with Gasteiger partial charge >= 0.3 is 0 Å². The molecule has 0 aliphatic rings. The van der Waals surface area contributed by atoms with E-state index in [4.69, 9.17) is 4.42 Å². The summed E-state index contributed by atoms with van der Waals surface area (Å²) in [5.41, 5.74) is 5.01. The van der Waals surface area contributed by atoms with E-state index in [2.05, 4.69) is 20.5 Å². The second-order valence-electron chi connectivity index (χ2n) is 4.65. The monoisotopic (exact) mass is 288 g/mol. The van der Waals surface area contributed by atoms with Crippen molar-refractivity contribution in [1.82, 2.24) is 20.5 Å². The quantitative estimate of drug-likeness (QED) is 0.757. The molecule has 0 unspecified atom stereocenters. The van der Waals surface area contributed by atoms with Crippen molar-refractivity contribution in [2.75, 3.05) is 0 Å². The molecule has 3 aromatic rings. The Kier molecular flexibility index (Phi) is 3.66. The molecule has 5 nitrogen and oxygen atoms in total. The van der Waals surface area contributed by atoms with Gasteiger partial charge in [-0.25, -0.2) is 4.98 Å². The van der Waals surface area contributed by atoms with Gasteiger partial charge in [0.05, 0.1) is 17.4 Å². The van der Waals surface area contributed by atoms with Crippen molar-refractivity contribution >= 4 is 11.3 Å². The highest BCUT2D eigenvalue weighted by molar-refractivity contribution is 7.09. The van der Waals surface area contributed by atoms with Crippen LogP contribution in [0.25, 0.3) is 11.5 Å². The lowest BCUT2D eigenvalue weighted by Crippen LogP contribution is -2.12. The summed E-state index contributed by atoms with van der Waals surface area (Å²) in [7, 11) is 0. The number of furan rings is 1. The molecule has 0 saturated heterocycles. The molecule has 3 rings (SSSR count). The lowest BCUT2D eigenvalue weighted by molar-refractivity contribution is 0.545. The van der Waals surface area contributed by atoms with Gasteiger partial charge in [-0.15, -0.1) is 11.3 Å². The highest BCUT2D eigenvalue weighted by Gasteiger charge is 2.11. The van der Waals surface area contributed by atoms with Gasteiger partial charge in [0.1, 0.15) is 11.5 Å². The first kappa shape index (κ1) is 13.1. The van der Waals surface area contributed by atoms with Crippen LogP contribution < -0.4 is 5.32 Å². The molecule has 0 aliphatic carbocycles. The van der Waals surface area contributed by atoms with Crippen molar-refractivity contribution in [2.45, 2.75) is 26.9 Å². The summed E-state index contributed by atoms with van der Waals surface area (Å²) in [5, 5.41) is 10.5. The largest absolute Gasteiger partial charge is 0.460 e. The first-order valence-electron chi connectivity index (χ1n) is 6.43. The van der Waals surface area contributed by atoms with Crippen molar-refractivity contribution in [2.24, 2.45) is 0 Å². The Labute approximate surface area is 121 Å². The van der Waals surface area contributed by atoms with Crippen molar-refractivity contribution in [3.05, 3.63) is 45.7 Å². The van der Waals surface area contributed by atoms with E-state index in [0.29, 0.717) is 0 Å². The smallest absolute Gasteiger partial charge is 0.152 e. The van der Waals surface area contributed by atoms with Crippen molar-refractivity contribution in [3.63, 3.8) is 0 Å². The maximum Gasteiger partial charge on any atom is 0.152 e. The topological polar surface area (TPSA) is 66.7 Å². The number of thiazole rings is 1. The minimum atomic E-state index is 0.739. The fourth-order valence-electron chi connectivity index (χ4n) is 2.03. The van der Waals surface area contributed by atoms with Crippen LogP contribution in [0.3, 0.4) is 0 Å². The van der Waals surface area contributed by atoms with Crippen molar-refractivity contribution in [3.8, 4) is 11.5 Å². The van der Waals surface area contributed by atoms with E-state index in [-0.39, 0.29) is 0 Å². The van der Waals surface area contributed by atoms with Gasteiger partial charge < -0.3 is 9.73 Å². The van der Waals surface area contributed by atoms with Gasteiger partial charge in [0.15, 0.2) is 5.76 Å². The zero-order chi connectivity index (χ0) is 13.9. The van der Waals surface area contributed by atoms with Crippen LogP contribution in [0.1, 0.15) is 21.9 Å². The normalized spacial score (nSPS) is 11.1. The van der Waals surface area contributed by atoms with Gasteiger partial charge in [0, 0.05) is 23.5 Å². The minimum absolute atomic E-state index is 0.739. The number of hydrogen-bond acceptors (Lipinski definition) is 5. The van der Waals surface area contributed by atoms with Crippen LogP contribution in [0.15, 0.2) is 28.3 Å². The van der Waals surface area contributed by atoms with Crippen LogP contribution in [0.2, 0.25) is 0 Å². The van der Waals surface area contributed by atoms with Crippen LogP contribution >= 0.6 is 11.3 Å². The molecule has 0 aromatic carbocycles. The number of nitrogens with one attached hydrogen (secondary N) is 2. The Morgan fingerprint density at radius 2 is 2.20 bits per heavy atom. The zero-order valence-electron chi connectivity index (χ0n) is 11.4. The number of hydrogen-bond donors (Lipinski definition) is 2. The van der Waals surface area contributed by atoms with Gasteiger partial charge in [-0.1, -0.05) is 0 Å². The van der Waals surface area contributed by atoms with E-state index in [1.807, 2.05) is 37.7 Å². The van der Waals surface area contributed by atoms with E-state index in [1.165, 1.54) is 4.88 Å². The number of aryl methyl sites for hydroxylation is 2. The van der Waals surface area contributed by atoms with Crippen LogP contribution in [0.5, 0.6) is 0 Å². The standard InChI is InChI=1S/C14H16N4OS/c1-9-3-4-12(19-9)14-11(6-17-18-14)5-15-7-13-10(2)16-8-20-13/h3-4,6,8,15H,5,7H2,1-2H3,(H,17,18). The molecule has 6 heteroatoms. The maximum absolute atomic E-state index is 5.63. The lowest BCUT2D eigenvalue weighted by atomic mass is 10.2. The summed E-state index contributed by atoms with van der Waals surface area (Å²) in [6, 6.07) is 3.91. The molecule has 2 N–H and O–H groups in total. The van der Waals surface area contributed by atoms with E-state index in [1.54, 1.807) is 11.3 Å². The van der Waals surface area contributed by atoms with Crippen molar-refractivity contribution in [1.29, 1.82) is 0 Å². The SMILES string of the molecule is Cc1ccc(-c2[nH]ncc2CNCc2scnc2C)o1. The molecule has 0 bridgehead atoms. The van der Waals surface area contributed by atoms with E-state index < -0.39 is 0 Å². The fourth-order valence-corrected chi connectivity index (χ4v) is 2.78. The average molecular weight is 288 g/mol. The first-order chi connectivity index (χ1) is 9.74. The zero-order valence-corrected chi connectivity index (χ0v) is 12.3. The number of aromatic nitrogens is 3. The molecule has 0 atom stereocenters. The average Bonchev–Trinajstić information content (AvgIpc) is 3.12. The molecule has 0 saturated carbocycles. The summed E-state index contributed by atoms with van der Waals surface area (Å²) in [6.07, 6.45) is 1.83. The Hall–Kier alpha value is -1.92. The van der Waals surface area contributed by atoms with Gasteiger partial charge in [0.2, 0.25) is 0 Å². The second-order valence-corrected chi connectivity index (χ2v) is 5.58. The molecule has 0 radical (unpaired) electrons. The Morgan fingerprint density at radius 1 is 1.30 bits per heavy atom. The second kappa shape index (κ2) is 5.60. The molecule has 0 aliphatic heterocycles. The third-order valence-corrected chi connectivity index (χ3v) is 4.09. The highest BCUT2D eigenvalue weighted by atomic mass is 32.1. The highest BCUT2D eigenvalue weighted by Crippen LogP contribution is 2.23. The summed E-state index contributed by atoms with van der Waals surface area (Å²) in [4.78, 5) is 5.51. The summed E-state index contributed by atoms with van der Waals surface area (Å²) < 4.78 is 5.63. The summed E-state index contributed by atoms with van der Waals surface area (Å²) in [5.74, 6) is 1.72. The molecule has 3 aromatic heterocycles. The molecule has 20 heavy (non-hydrogen) atoms. The minimum Gasteiger partial charge on any atom is -0.460 e. The van der Waals surface area contributed by atoms with Crippen LogP contribution in [0.4, 0.5) is 0 Å². The maximum atomic E-state index is 5.63. The molecule has 104 valence electrons. The van der Waals surface area contributed by atoms with Crippen LogP contribution in [-0.4, -0.2) is 15.2 Å². The number of aromatic amines is 1. The third kappa shape index (κ3) is 2.66. The predicted octanol–water partition coefficient (Wildman–Crippen LogP) is 3.03. The third-order valence-electron chi connectivity index (χ3n) is 3.15. The fraction of sp³-hybridized carbons (Fsp3) is 0.286. The van der Waals surface area contributed by atoms with Gasteiger partial charge in [-0.2, -0.15) is 5.10 Å². The summed E-state index contributed by atoms with van der Waals surface area (Å²) in [6.45, 7) is 5.52. The Morgan fingerprint density at radius 3 is 2.90 bits per heavy atom. The molecule has 0 fully saturated rings. The number of rotatable bonds is 5. The molecule has 0 amide bonds. The van der Waals surface area contributed by atoms with Gasteiger partial charge in [-0.05, 0) is 26.0 Å². The van der Waals surface area contributed by atoms with Crippen LogP contribution in [0, 0.1) is 13.8 Å². The summed E-state index contributed by atoms with van der Waals surface area (Å²) >= 11 is 1.68. The van der Waals surface area contributed by atoms with Crippen molar-refractivity contribution < 1.29 is 4.42 Å². The molecular formula is C14H16N4OS. The number of nitrogens with zero attached hydrogens (tertiary/aromatic N) is 2.